The summed E-state index contributed by atoms with van der Waals surface area (Å²) < 4.78 is 26.7. The highest BCUT2D eigenvalue weighted by Gasteiger charge is 2.24. The van der Waals surface area contributed by atoms with Gasteiger partial charge >= 0.3 is 0 Å². The molecule has 0 heterocycles. The summed E-state index contributed by atoms with van der Waals surface area (Å²) in [5.74, 6) is 1.49. The van der Waals surface area contributed by atoms with E-state index in [1.54, 1.807) is 31.3 Å². The van der Waals surface area contributed by atoms with Gasteiger partial charge < -0.3 is 4.90 Å². The van der Waals surface area contributed by atoms with Gasteiger partial charge in [-0.15, -0.1) is 0 Å². The van der Waals surface area contributed by atoms with Crippen LogP contribution >= 0.6 is 11.6 Å². The third-order valence-electron chi connectivity index (χ3n) is 5.32. The van der Waals surface area contributed by atoms with Crippen molar-refractivity contribution in [3.05, 3.63) is 29.3 Å². The van der Waals surface area contributed by atoms with Crippen molar-refractivity contribution < 1.29 is 8.42 Å². The van der Waals surface area contributed by atoms with Crippen molar-refractivity contribution in [1.82, 2.24) is 9.21 Å². The predicted octanol–water partition coefficient (Wildman–Crippen LogP) is 4.11. The Morgan fingerprint density at radius 1 is 0.920 bits per heavy atom. The lowest BCUT2D eigenvalue weighted by atomic mass is 9.79. The molecule has 0 radical (unpaired) electrons. The van der Waals surface area contributed by atoms with Crippen LogP contribution in [0.2, 0.25) is 5.02 Å². The van der Waals surface area contributed by atoms with Crippen molar-refractivity contribution >= 4 is 21.6 Å². The van der Waals surface area contributed by atoms with Gasteiger partial charge in [-0.2, -0.15) is 0 Å². The average molecular weight is 387 g/mol. The molecule has 6 heteroatoms. The summed E-state index contributed by atoms with van der Waals surface area (Å²) in [6.45, 7) is 1.75. The first kappa shape index (κ1) is 20.7. The highest BCUT2D eigenvalue weighted by atomic mass is 35.5. The van der Waals surface area contributed by atoms with Crippen LogP contribution in [0.3, 0.4) is 0 Å². The minimum Gasteiger partial charge on any atom is -0.309 e. The van der Waals surface area contributed by atoms with E-state index in [-0.39, 0.29) is 0 Å². The smallest absolute Gasteiger partial charge is 0.242 e. The van der Waals surface area contributed by atoms with Crippen molar-refractivity contribution in [2.24, 2.45) is 11.8 Å². The highest BCUT2D eigenvalue weighted by Crippen LogP contribution is 2.33. The fourth-order valence-electron chi connectivity index (χ4n) is 3.52. The third kappa shape index (κ3) is 6.24. The van der Waals surface area contributed by atoms with Gasteiger partial charge in [-0.05, 0) is 69.6 Å². The van der Waals surface area contributed by atoms with E-state index in [0.29, 0.717) is 22.4 Å². The second-order valence-electron chi connectivity index (χ2n) is 7.55. The molecule has 0 aromatic heterocycles. The van der Waals surface area contributed by atoms with Crippen LogP contribution in [0.4, 0.5) is 0 Å². The summed E-state index contributed by atoms with van der Waals surface area (Å²) >= 11 is 5.84. The van der Waals surface area contributed by atoms with Crippen molar-refractivity contribution in [2.45, 2.75) is 43.4 Å². The van der Waals surface area contributed by atoms with Gasteiger partial charge in [-0.3, -0.25) is 0 Å². The van der Waals surface area contributed by atoms with Crippen molar-refractivity contribution in [1.29, 1.82) is 0 Å². The molecule has 1 fully saturated rings. The molecular weight excluding hydrogens is 356 g/mol. The lowest BCUT2D eigenvalue weighted by molar-refractivity contribution is 0.228. The quantitative estimate of drug-likeness (QED) is 0.675. The first-order chi connectivity index (χ1) is 11.8. The molecule has 1 saturated carbocycles. The first-order valence-corrected chi connectivity index (χ1v) is 11.0. The Balaban J connectivity index is 1.78. The molecule has 1 aliphatic rings. The first-order valence-electron chi connectivity index (χ1n) is 9.15. The van der Waals surface area contributed by atoms with E-state index in [1.807, 2.05) is 0 Å². The second kappa shape index (κ2) is 9.36. The van der Waals surface area contributed by atoms with Gasteiger partial charge in [0.2, 0.25) is 10.0 Å². The molecule has 0 spiro atoms. The maximum absolute atomic E-state index is 12.6. The molecule has 2 rings (SSSR count). The summed E-state index contributed by atoms with van der Waals surface area (Å²) in [5, 5.41) is 0.549. The van der Waals surface area contributed by atoms with Crippen LogP contribution in [0.25, 0.3) is 0 Å². The van der Waals surface area contributed by atoms with E-state index in [1.165, 1.54) is 36.4 Å². The zero-order valence-corrected chi connectivity index (χ0v) is 17.2. The van der Waals surface area contributed by atoms with Crippen LogP contribution < -0.4 is 0 Å². The van der Waals surface area contributed by atoms with Gasteiger partial charge in [-0.25, -0.2) is 12.7 Å². The summed E-state index contributed by atoms with van der Waals surface area (Å²) in [6, 6.07) is 6.39. The van der Waals surface area contributed by atoms with Crippen LogP contribution in [0.5, 0.6) is 0 Å². The van der Waals surface area contributed by atoms with E-state index in [2.05, 4.69) is 19.0 Å². The molecule has 0 amide bonds. The Kier molecular flexibility index (Phi) is 7.74. The van der Waals surface area contributed by atoms with E-state index in [9.17, 15) is 8.42 Å². The fraction of sp³-hybridized carbons (Fsp3) is 0.684. The zero-order chi connectivity index (χ0) is 18.4. The van der Waals surface area contributed by atoms with Crippen LogP contribution in [0.15, 0.2) is 29.2 Å². The Labute approximate surface area is 158 Å². The van der Waals surface area contributed by atoms with E-state index >= 15 is 0 Å². The molecule has 0 saturated heterocycles. The minimum absolute atomic E-state index is 0.312. The number of nitrogens with zero attached hydrogens (tertiary/aromatic N) is 2. The SMILES string of the molecule is CN(C)CCC1CCC(CCN(C)S(=O)(=O)c2ccc(Cl)cc2)CC1. The topological polar surface area (TPSA) is 40.6 Å². The van der Waals surface area contributed by atoms with Gasteiger partial charge in [0.05, 0.1) is 4.90 Å². The Morgan fingerprint density at radius 3 is 1.88 bits per heavy atom. The van der Waals surface area contributed by atoms with Crippen LogP contribution in [-0.4, -0.2) is 51.9 Å². The van der Waals surface area contributed by atoms with Gasteiger partial charge in [-0.1, -0.05) is 37.3 Å². The highest BCUT2D eigenvalue weighted by molar-refractivity contribution is 7.89. The summed E-state index contributed by atoms with van der Waals surface area (Å²) in [6.07, 6.45) is 7.26. The Hall–Kier alpha value is -0.620. The minimum atomic E-state index is -3.42. The maximum atomic E-state index is 12.6. The van der Waals surface area contributed by atoms with E-state index in [4.69, 9.17) is 11.6 Å². The summed E-state index contributed by atoms with van der Waals surface area (Å²) in [7, 11) is 2.51. The number of hydrogen-bond acceptors (Lipinski definition) is 3. The molecule has 0 atom stereocenters. The molecule has 1 aromatic carbocycles. The van der Waals surface area contributed by atoms with E-state index < -0.39 is 10.0 Å². The predicted molar refractivity (Wildman–Crippen MR) is 105 cm³/mol. The monoisotopic (exact) mass is 386 g/mol. The Morgan fingerprint density at radius 2 is 1.40 bits per heavy atom. The van der Waals surface area contributed by atoms with Crippen LogP contribution in [0, 0.1) is 11.8 Å². The third-order valence-corrected chi connectivity index (χ3v) is 7.45. The number of sulfonamides is 1. The van der Waals surface area contributed by atoms with Crippen molar-refractivity contribution in [2.75, 3.05) is 34.2 Å². The van der Waals surface area contributed by atoms with Crippen molar-refractivity contribution in [3.63, 3.8) is 0 Å². The number of rotatable bonds is 8. The van der Waals surface area contributed by atoms with Gasteiger partial charge in [0.15, 0.2) is 0 Å². The Bertz CT molecular complexity index is 623. The molecule has 25 heavy (non-hydrogen) atoms. The lowest BCUT2D eigenvalue weighted by Crippen LogP contribution is -2.30. The second-order valence-corrected chi connectivity index (χ2v) is 10.0. The number of hydrogen-bond donors (Lipinski definition) is 0. The fourth-order valence-corrected chi connectivity index (χ4v) is 4.83. The zero-order valence-electron chi connectivity index (χ0n) is 15.6. The summed E-state index contributed by atoms with van der Waals surface area (Å²) in [5.41, 5.74) is 0. The van der Waals surface area contributed by atoms with E-state index in [0.717, 1.165) is 18.9 Å². The summed E-state index contributed by atoms with van der Waals surface area (Å²) in [4.78, 5) is 2.56. The van der Waals surface area contributed by atoms with Crippen LogP contribution in [-0.2, 0) is 10.0 Å². The average Bonchev–Trinajstić information content (AvgIpc) is 2.59. The van der Waals surface area contributed by atoms with Crippen LogP contribution in [0.1, 0.15) is 38.5 Å². The molecule has 1 aliphatic carbocycles. The van der Waals surface area contributed by atoms with Crippen molar-refractivity contribution in [3.8, 4) is 0 Å². The molecule has 0 aliphatic heterocycles. The standard InChI is InChI=1S/C19H31ClN2O2S/c1-21(2)14-12-16-4-6-17(7-5-16)13-15-22(3)25(23,24)19-10-8-18(20)9-11-19/h8-11,16-17H,4-7,12-15H2,1-3H3. The molecule has 142 valence electrons. The maximum Gasteiger partial charge on any atom is 0.242 e. The molecular formula is C19H31ClN2O2S. The number of benzene rings is 1. The molecule has 1 aromatic rings. The van der Waals surface area contributed by atoms with Gasteiger partial charge in [0, 0.05) is 18.6 Å². The largest absolute Gasteiger partial charge is 0.309 e. The van der Waals surface area contributed by atoms with Gasteiger partial charge in [0.25, 0.3) is 0 Å². The molecule has 0 N–H and O–H groups in total. The number of halogens is 1. The molecule has 0 unspecified atom stereocenters. The molecule has 0 bridgehead atoms. The lowest BCUT2D eigenvalue weighted by Gasteiger charge is -2.30. The molecule has 4 nitrogen and oxygen atoms in total. The van der Waals surface area contributed by atoms with Gasteiger partial charge in [0.1, 0.15) is 0 Å². The normalized spacial score (nSPS) is 21.8.